The molecule has 1 aromatic carbocycles. The molecule has 1 aromatic heterocycles. The van der Waals surface area contributed by atoms with E-state index >= 15 is 0 Å². The maximum Gasteiger partial charge on any atom is 0.242 e. The van der Waals surface area contributed by atoms with Crippen molar-refractivity contribution in [1.29, 1.82) is 0 Å². The van der Waals surface area contributed by atoms with Crippen LogP contribution in [0.15, 0.2) is 29.2 Å². The van der Waals surface area contributed by atoms with Crippen LogP contribution in [-0.4, -0.2) is 66.5 Å². The molecule has 0 bridgehead atoms. The highest BCUT2D eigenvalue weighted by molar-refractivity contribution is 7.89. The van der Waals surface area contributed by atoms with Crippen molar-refractivity contribution in [3.8, 4) is 5.69 Å². The van der Waals surface area contributed by atoms with Crippen LogP contribution in [0.1, 0.15) is 68.3 Å². The number of nitrogens with zero attached hydrogens (tertiary/aromatic N) is 4. The van der Waals surface area contributed by atoms with E-state index in [-0.39, 0.29) is 41.7 Å². The van der Waals surface area contributed by atoms with Crippen LogP contribution in [0.3, 0.4) is 0 Å². The molecule has 1 amide bonds. The number of benzene rings is 1. The third-order valence-corrected chi connectivity index (χ3v) is 9.66. The average Bonchev–Trinajstić information content (AvgIpc) is 3.14. The SMILES string of the molecule is Cc1nn(-c2ccc(S(=O)(=O)N(C)C)cc2)c(C)c1CN1CCC(NC(=O)CC2CCCCC2)CC1.Cl.Cl. The van der Waals surface area contributed by atoms with Crippen LogP contribution in [0.25, 0.3) is 5.69 Å². The lowest BCUT2D eigenvalue weighted by Crippen LogP contribution is -2.44. The Kier molecular flexibility index (Phi) is 12.1. The first-order valence-electron chi connectivity index (χ1n) is 13.2. The molecule has 1 saturated heterocycles. The van der Waals surface area contributed by atoms with Gasteiger partial charge in [-0.2, -0.15) is 5.10 Å². The van der Waals surface area contributed by atoms with Gasteiger partial charge in [0.1, 0.15) is 0 Å². The highest BCUT2D eigenvalue weighted by Gasteiger charge is 2.25. The van der Waals surface area contributed by atoms with Crippen molar-refractivity contribution < 1.29 is 13.2 Å². The van der Waals surface area contributed by atoms with E-state index < -0.39 is 10.0 Å². The number of carbonyl (C=O) groups is 1. The van der Waals surface area contributed by atoms with Gasteiger partial charge in [0.05, 0.1) is 16.3 Å². The van der Waals surface area contributed by atoms with Gasteiger partial charge in [-0.25, -0.2) is 17.4 Å². The van der Waals surface area contributed by atoms with E-state index in [4.69, 9.17) is 5.10 Å². The maximum atomic E-state index is 12.5. The molecule has 11 heteroatoms. The Hall–Kier alpha value is -1.65. The van der Waals surface area contributed by atoms with Crippen LogP contribution in [0.4, 0.5) is 0 Å². The Morgan fingerprint density at radius 3 is 2.18 bits per heavy atom. The fraction of sp³-hybridized carbons (Fsp3) is 0.630. The topological polar surface area (TPSA) is 87.5 Å². The minimum Gasteiger partial charge on any atom is -0.353 e. The summed E-state index contributed by atoms with van der Waals surface area (Å²) in [6, 6.07) is 7.16. The van der Waals surface area contributed by atoms with Crippen molar-refractivity contribution in [2.75, 3.05) is 27.2 Å². The molecule has 1 saturated carbocycles. The first-order valence-corrected chi connectivity index (χ1v) is 14.7. The molecule has 0 spiro atoms. The minimum absolute atomic E-state index is 0. The largest absolute Gasteiger partial charge is 0.353 e. The number of rotatable bonds is 8. The number of likely N-dealkylation sites (tertiary alicyclic amines) is 1. The number of aromatic nitrogens is 2. The molecular formula is C27H43Cl2N5O3S. The zero-order valence-electron chi connectivity index (χ0n) is 23.0. The van der Waals surface area contributed by atoms with Gasteiger partial charge in [0.15, 0.2) is 0 Å². The number of piperidine rings is 1. The third kappa shape index (κ3) is 7.72. The standard InChI is InChI=1S/C27H41N5O3S.2ClH/c1-20-26(21(2)32(29-20)24-10-12-25(13-11-24)36(34,35)30(3)4)19-31-16-14-23(15-17-31)28-27(33)18-22-8-6-5-7-9-22;;/h10-13,22-23H,5-9,14-19H2,1-4H3,(H,28,33);2*1H. The second-order valence-electron chi connectivity index (χ2n) is 10.7. The number of halogens is 2. The molecule has 214 valence electrons. The van der Waals surface area contributed by atoms with Gasteiger partial charge < -0.3 is 5.32 Å². The van der Waals surface area contributed by atoms with Gasteiger partial charge in [0.25, 0.3) is 0 Å². The molecular weight excluding hydrogens is 545 g/mol. The Morgan fingerprint density at radius 1 is 1.00 bits per heavy atom. The average molecular weight is 589 g/mol. The molecule has 1 N–H and O–H groups in total. The number of hydrogen-bond acceptors (Lipinski definition) is 5. The smallest absolute Gasteiger partial charge is 0.242 e. The normalized spacial score (nSPS) is 17.6. The summed E-state index contributed by atoms with van der Waals surface area (Å²) in [6.07, 6.45) is 8.93. The van der Waals surface area contributed by atoms with Gasteiger partial charge in [-0.15, -0.1) is 24.8 Å². The molecule has 8 nitrogen and oxygen atoms in total. The summed E-state index contributed by atoms with van der Waals surface area (Å²) in [6.45, 7) is 6.83. The number of hydrogen-bond donors (Lipinski definition) is 1. The number of amides is 1. The van der Waals surface area contributed by atoms with Crippen LogP contribution < -0.4 is 5.32 Å². The molecule has 2 heterocycles. The fourth-order valence-electron chi connectivity index (χ4n) is 5.52. The molecule has 1 aliphatic carbocycles. The van der Waals surface area contributed by atoms with Gasteiger partial charge in [0, 0.05) is 57.4 Å². The van der Waals surface area contributed by atoms with E-state index in [0.29, 0.717) is 12.3 Å². The van der Waals surface area contributed by atoms with Gasteiger partial charge in [-0.1, -0.05) is 19.3 Å². The monoisotopic (exact) mass is 587 g/mol. The minimum atomic E-state index is -3.46. The van der Waals surface area contributed by atoms with Crippen LogP contribution in [0.5, 0.6) is 0 Å². The third-order valence-electron chi connectivity index (χ3n) is 7.83. The first kappa shape index (κ1) is 32.6. The summed E-state index contributed by atoms with van der Waals surface area (Å²) in [5.74, 6) is 0.813. The predicted octanol–water partition coefficient (Wildman–Crippen LogP) is 4.63. The van der Waals surface area contributed by atoms with E-state index in [1.807, 2.05) is 11.6 Å². The quantitative estimate of drug-likeness (QED) is 0.486. The number of carbonyl (C=O) groups excluding carboxylic acids is 1. The highest BCUT2D eigenvalue weighted by atomic mass is 35.5. The van der Waals surface area contributed by atoms with Crippen molar-refractivity contribution in [3.63, 3.8) is 0 Å². The van der Waals surface area contributed by atoms with E-state index in [9.17, 15) is 13.2 Å². The fourth-order valence-corrected chi connectivity index (χ4v) is 6.43. The second kappa shape index (κ2) is 14.1. The van der Waals surface area contributed by atoms with Crippen LogP contribution in [-0.2, 0) is 21.4 Å². The van der Waals surface area contributed by atoms with E-state index in [2.05, 4.69) is 17.1 Å². The Morgan fingerprint density at radius 2 is 1.61 bits per heavy atom. The van der Waals surface area contributed by atoms with Gasteiger partial charge in [0.2, 0.25) is 15.9 Å². The molecule has 0 unspecified atom stereocenters. The maximum absolute atomic E-state index is 12.5. The van der Waals surface area contributed by atoms with Crippen molar-refractivity contribution in [3.05, 3.63) is 41.2 Å². The van der Waals surface area contributed by atoms with E-state index in [0.717, 1.165) is 49.6 Å². The lowest BCUT2D eigenvalue weighted by atomic mass is 9.86. The van der Waals surface area contributed by atoms with Crippen LogP contribution >= 0.6 is 24.8 Å². The molecule has 0 radical (unpaired) electrons. The summed E-state index contributed by atoms with van der Waals surface area (Å²) in [7, 11) is -0.392. The summed E-state index contributed by atoms with van der Waals surface area (Å²) in [4.78, 5) is 15.2. The van der Waals surface area contributed by atoms with Crippen molar-refractivity contribution in [2.45, 2.75) is 82.7 Å². The summed E-state index contributed by atoms with van der Waals surface area (Å²) >= 11 is 0. The van der Waals surface area contributed by atoms with E-state index in [1.54, 1.807) is 24.3 Å². The summed E-state index contributed by atoms with van der Waals surface area (Å²) < 4.78 is 27.9. The first-order chi connectivity index (χ1) is 17.1. The predicted molar refractivity (Wildman–Crippen MR) is 156 cm³/mol. The van der Waals surface area contributed by atoms with Crippen molar-refractivity contribution >= 4 is 40.7 Å². The highest BCUT2D eigenvalue weighted by Crippen LogP contribution is 2.27. The summed E-state index contributed by atoms with van der Waals surface area (Å²) in [5.41, 5.74) is 4.11. The Balaban J connectivity index is 0.00000253. The van der Waals surface area contributed by atoms with Crippen LogP contribution in [0, 0.1) is 19.8 Å². The van der Waals surface area contributed by atoms with Crippen molar-refractivity contribution in [1.82, 2.24) is 24.3 Å². The van der Waals surface area contributed by atoms with Gasteiger partial charge in [-0.05, 0) is 69.7 Å². The molecule has 4 rings (SSSR count). The molecule has 1 aliphatic heterocycles. The number of nitrogens with one attached hydrogen (secondary N) is 1. The lowest BCUT2D eigenvalue weighted by molar-refractivity contribution is -0.123. The van der Waals surface area contributed by atoms with E-state index in [1.165, 1.54) is 56.1 Å². The zero-order chi connectivity index (χ0) is 25.9. The molecule has 2 aliphatic rings. The zero-order valence-corrected chi connectivity index (χ0v) is 25.4. The van der Waals surface area contributed by atoms with Gasteiger partial charge >= 0.3 is 0 Å². The van der Waals surface area contributed by atoms with Gasteiger partial charge in [-0.3, -0.25) is 9.69 Å². The number of sulfonamides is 1. The Labute approximate surface area is 240 Å². The molecule has 2 aromatic rings. The molecule has 38 heavy (non-hydrogen) atoms. The lowest BCUT2D eigenvalue weighted by Gasteiger charge is -2.33. The molecule has 0 atom stereocenters. The van der Waals surface area contributed by atoms with Crippen molar-refractivity contribution in [2.24, 2.45) is 5.92 Å². The summed E-state index contributed by atoms with van der Waals surface area (Å²) in [5, 5.41) is 8.05. The number of aryl methyl sites for hydroxylation is 1. The molecule has 2 fully saturated rings. The van der Waals surface area contributed by atoms with Crippen LogP contribution in [0.2, 0.25) is 0 Å². The second-order valence-corrected chi connectivity index (χ2v) is 12.8. The Bertz CT molecular complexity index is 1150.